The van der Waals surface area contributed by atoms with Crippen molar-refractivity contribution in [2.75, 3.05) is 13.1 Å². The van der Waals surface area contributed by atoms with Gasteiger partial charge in [-0.05, 0) is 25.0 Å². The molecule has 1 aliphatic rings. The van der Waals surface area contributed by atoms with E-state index in [0.29, 0.717) is 18.0 Å². The molecule has 2 heterocycles. The second-order valence-corrected chi connectivity index (χ2v) is 7.39. The highest BCUT2D eigenvalue weighted by atomic mass is 32.2. The summed E-state index contributed by atoms with van der Waals surface area (Å²) in [5, 5.41) is 8.07. The number of aryl methyl sites for hydroxylation is 1. The standard InChI is InChI=1S/C15H20N4O2S/c1-2-15-17-16-12-19(15)13-8-10-18(11-9-13)22(20,21)14-6-4-3-5-7-14/h3-7,12-13H,2,8-11H2,1H3. The van der Waals surface area contributed by atoms with Gasteiger partial charge in [-0.2, -0.15) is 4.31 Å². The van der Waals surface area contributed by atoms with E-state index in [1.165, 1.54) is 0 Å². The van der Waals surface area contributed by atoms with Gasteiger partial charge in [0.2, 0.25) is 10.0 Å². The molecule has 0 radical (unpaired) electrons. The van der Waals surface area contributed by atoms with Crippen LogP contribution in [0.4, 0.5) is 0 Å². The van der Waals surface area contributed by atoms with E-state index < -0.39 is 10.0 Å². The molecule has 1 saturated heterocycles. The van der Waals surface area contributed by atoms with Gasteiger partial charge in [0.25, 0.3) is 0 Å². The maximum absolute atomic E-state index is 12.6. The Morgan fingerprint density at radius 1 is 1.18 bits per heavy atom. The van der Waals surface area contributed by atoms with Crippen LogP contribution in [0.2, 0.25) is 0 Å². The summed E-state index contributed by atoms with van der Waals surface area (Å²) in [6, 6.07) is 8.91. The molecule has 7 heteroatoms. The average Bonchev–Trinajstić information content (AvgIpc) is 3.04. The molecule has 0 bridgehead atoms. The number of piperidine rings is 1. The number of hydrogen-bond acceptors (Lipinski definition) is 4. The summed E-state index contributed by atoms with van der Waals surface area (Å²) >= 11 is 0. The van der Waals surface area contributed by atoms with E-state index in [0.717, 1.165) is 25.1 Å². The van der Waals surface area contributed by atoms with Crippen LogP contribution in [0.25, 0.3) is 0 Å². The molecular weight excluding hydrogens is 300 g/mol. The number of benzene rings is 1. The van der Waals surface area contributed by atoms with Crippen molar-refractivity contribution in [1.29, 1.82) is 0 Å². The maximum atomic E-state index is 12.6. The Labute approximate surface area is 130 Å². The smallest absolute Gasteiger partial charge is 0.243 e. The van der Waals surface area contributed by atoms with Gasteiger partial charge in [-0.3, -0.25) is 0 Å². The summed E-state index contributed by atoms with van der Waals surface area (Å²) in [6.07, 6.45) is 4.17. The van der Waals surface area contributed by atoms with Crippen LogP contribution in [0.3, 0.4) is 0 Å². The van der Waals surface area contributed by atoms with Crippen molar-refractivity contribution in [2.24, 2.45) is 0 Å². The van der Waals surface area contributed by atoms with Gasteiger partial charge in [0.05, 0.1) is 4.90 Å². The minimum absolute atomic E-state index is 0.284. The van der Waals surface area contributed by atoms with E-state index in [1.54, 1.807) is 34.9 Å². The zero-order chi connectivity index (χ0) is 15.6. The van der Waals surface area contributed by atoms with E-state index in [-0.39, 0.29) is 6.04 Å². The van der Waals surface area contributed by atoms with Crippen LogP contribution in [-0.2, 0) is 16.4 Å². The number of hydrogen-bond donors (Lipinski definition) is 0. The third kappa shape index (κ3) is 2.78. The van der Waals surface area contributed by atoms with Gasteiger partial charge < -0.3 is 4.57 Å². The first-order chi connectivity index (χ1) is 10.6. The van der Waals surface area contributed by atoms with E-state index in [9.17, 15) is 8.42 Å². The van der Waals surface area contributed by atoms with Gasteiger partial charge in [0, 0.05) is 25.6 Å². The molecule has 1 aromatic carbocycles. The van der Waals surface area contributed by atoms with Crippen molar-refractivity contribution < 1.29 is 8.42 Å². The topological polar surface area (TPSA) is 68.1 Å². The molecule has 1 aliphatic heterocycles. The number of nitrogens with zero attached hydrogens (tertiary/aromatic N) is 4. The van der Waals surface area contributed by atoms with Crippen LogP contribution < -0.4 is 0 Å². The van der Waals surface area contributed by atoms with E-state index in [4.69, 9.17) is 0 Å². The van der Waals surface area contributed by atoms with Crippen LogP contribution >= 0.6 is 0 Å². The first-order valence-corrected chi connectivity index (χ1v) is 9.00. The molecule has 2 aromatic rings. The molecule has 6 nitrogen and oxygen atoms in total. The zero-order valence-corrected chi connectivity index (χ0v) is 13.4. The van der Waals surface area contributed by atoms with Gasteiger partial charge in [-0.15, -0.1) is 10.2 Å². The van der Waals surface area contributed by atoms with Crippen LogP contribution in [0.1, 0.15) is 31.6 Å². The van der Waals surface area contributed by atoms with E-state index >= 15 is 0 Å². The lowest BCUT2D eigenvalue weighted by Gasteiger charge is -2.32. The molecule has 0 saturated carbocycles. The molecule has 0 unspecified atom stereocenters. The normalized spacial score (nSPS) is 17.7. The fourth-order valence-electron chi connectivity index (χ4n) is 2.93. The average molecular weight is 320 g/mol. The fourth-order valence-corrected chi connectivity index (χ4v) is 4.42. The van der Waals surface area contributed by atoms with E-state index in [2.05, 4.69) is 21.7 Å². The molecule has 0 atom stereocenters. The summed E-state index contributed by atoms with van der Waals surface area (Å²) < 4.78 is 28.9. The van der Waals surface area contributed by atoms with Crippen molar-refractivity contribution >= 4 is 10.0 Å². The molecular formula is C15H20N4O2S. The van der Waals surface area contributed by atoms with Gasteiger partial charge in [-0.1, -0.05) is 25.1 Å². The molecule has 3 rings (SSSR count). The highest BCUT2D eigenvalue weighted by molar-refractivity contribution is 7.89. The highest BCUT2D eigenvalue weighted by Gasteiger charge is 2.30. The summed E-state index contributed by atoms with van der Waals surface area (Å²) in [7, 11) is -3.38. The molecule has 0 N–H and O–H groups in total. The summed E-state index contributed by atoms with van der Waals surface area (Å²) in [5.41, 5.74) is 0. The third-order valence-electron chi connectivity index (χ3n) is 4.16. The monoisotopic (exact) mass is 320 g/mol. The Balaban J connectivity index is 1.72. The second-order valence-electron chi connectivity index (χ2n) is 5.46. The van der Waals surface area contributed by atoms with E-state index in [1.807, 2.05) is 6.07 Å². The summed E-state index contributed by atoms with van der Waals surface area (Å²) in [6.45, 7) is 3.11. The van der Waals surface area contributed by atoms with Gasteiger partial charge >= 0.3 is 0 Å². The highest BCUT2D eigenvalue weighted by Crippen LogP contribution is 2.27. The summed E-state index contributed by atoms with van der Waals surface area (Å²) in [4.78, 5) is 0.368. The molecule has 0 spiro atoms. The predicted octanol–water partition coefficient (Wildman–Crippen LogP) is 1.87. The largest absolute Gasteiger partial charge is 0.314 e. The molecule has 1 aromatic heterocycles. The van der Waals surface area contributed by atoms with Crippen molar-refractivity contribution in [3.8, 4) is 0 Å². The Kier molecular flexibility index (Phi) is 4.26. The van der Waals surface area contributed by atoms with Crippen LogP contribution in [-0.4, -0.2) is 40.6 Å². The quantitative estimate of drug-likeness (QED) is 0.862. The second kappa shape index (κ2) is 6.18. The lowest BCUT2D eigenvalue weighted by molar-refractivity contribution is 0.270. The fraction of sp³-hybridized carbons (Fsp3) is 0.467. The maximum Gasteiger partial charge on any atom is 0.243 e. The molecule has 1 fully saturated rings. The third-order valence-corrected chi connectivity index (χ3v) is 6.07. The predicted molar refractivity (Wildman–Crippen MR) is 82.9 cm³/mol. The Morgan fingerprint density at radius 3 is 2.50 bits per heavy atom. The Hall–Kier alpha value is -1.73. The SMILES string of the molecule is CCc1nncn1C1CCN(S(=O)(=O)c2ccccc2)CC1. The van der Waals surface area contributed by atoms with Gasteiger partial charge in [0.15, 0.2) is 0 Å². The van der Waals surface area contributed by atoms with Crippen molar-refractivity contribution in [3.63, 3.8) is 0 Å². The lowest BCUT2D eigenvalue weighted by Crippen LogP contribution is -2.39. The van der Waals surface area contributed by atoms with Crippen molar-refractivity contribution in [1.82, 2.24) is 19.1 Å². The minimum Gasteiger partial charge on any atom is -0.314 e. The number of sulfonamides is 1. The van der Waals surface area contributed by atoms with Crippen LogP contribution in [0, 0.1) is 0 Å². The number of rotatable bonds is 4. The Morgan fingerprint density at radius 2 is 1.86 bits per heavy atom. The van der Waals surface area contributed by atoms with Crippen molar-refractivity contribution in [2.45, 2.75) is 37.1 Å². The number of aromatic nitrogens is 3. The van der Waals surface area contributed by atoms with Crippen LogP contribution in [0.15, 0.2) is 41.6 Å². The first kappa shape index (κ1) is 15.2. The van der Waals surface area contributed by atoms with Crippen molar-refractivity contribution in [3.05, 3.63) is 42.5 Å². The first-order valence-electron chi connectivity index (χ1n) is 7.56. The van der Waals surface area contributed by atoms with Crippen LogP contribution in [0.5, 0.6) is 0 Å². The lowest BCUT2D eigenvalue weighted by atomic mass is 10.1. The molecule has 22 heavy (non-hydrogen) atoms. The summed E-state index contributed by atoms with van der Waals surface area (Å²) in [5.74, 6) is 0.962. The molecule has 0 aliphatic carbocycles. The Bertz CT molecular complexity index is 719. The minimum atomic E-state index is -3.38. The van der Waals surface area contributed by atoms with Gasteiger partial charge in [-0.25, -0.2) is 8.42 Å². The zero-order valence-electron chi connectivity index (χ0n) is 12.6. The van der Waals surface area contributed by atoms with Gasteiger partial charge in [0.1, 0.15) is 12.2 Å². The molecule has 118 valence electrons. The molecule has 0 amide bonds.